The summed E-state index contributed by atoms with van der Waals surface area (Å²) in [6.45, 7) is 2.13. The fourth-order valence-electron chi connectivity index (χ4n) is 1.13. The number of rotatable bonds is 2. The molecule has 0 amide bonds. The maximum Gasteiger partial charge on any atom is 0.147 e. The number of hydrogen-bond donors (Lipinski definition) is 0. The van der Waals surface area contributed by atoms with Crippen LogP contribution in [0, 0.1) is 0 Å². The number of allylic oxidation sites excluding steroid dienone is 4. The Kier molecular flexibility index (Phi) is 3.07. The third-order valence-corrected chi connectivity index (χ3v) is 2.07. The third-order valence-electron chi connectivity index (χ3n) is 1.85. The van der Waals surface area contributed by atoms with Gasteiger partial charge in [0.25, 0.3) is 0 Å². The zero-order valence-corrected chi connectivity index (χ0v) is 7.06. The van der Waals surface area contributed by atoms with E-state index in [1.165, 1.54) is 12.0 Å². The minimum Gasteiger partial charge on any atom is -0.136 e. The van der Waals surface area contributed by atoms with E-state index in [0.717, 1.165) is 13.1 Å². The fraction of sp³-hybridized carbons (Fsp3) is 0.500. The molecule has 0 N–H and O–H groups in total. The first-order chi connectivity index (χ1) is 4.83. The minimum absolute atomic E-state index is 0.696. The molecule has 0 spiro atoms. The fourth-order valence-corrected chi connectivity index (χ4v) is 1.41. The van der Waals surface area contributed by atoms with Crippen molar-refractivity contribution in [2.45, 2.75) is 19.2 Å². The normalized spacial score (nSPS) is 24.2. The zero-order valence-electron chi connectivity index (χ0n) is 6.31. The average Bonchev–Trinajstić information content (AvgIpc) is 1.95. The SMILES string of the molecule is CC1=CCC(BCCl)C=C1. The molecule has 0 heterocycles. The second-order valence-corrected chi connectivity index (χ2v) is 3.16. The highest BCUT2D eigenvalue weighted by Crippen LogP contribution is 2.19. The lowest BCUT2D eigenvalue weighted by Crippen LogP contribution is -2.03. The van der Waals surface area contributed by atoms with Gasteiger partial charge in [-0.25, -0.2) is 0 Å². The molecule has 0 saturated heterocycles. The van der Waals surface area contributed by atoms with Crippen LogP contribution in [0.2, 0.25) is 5.82 Å². The van der Waals surface area contributed by atoms with Crippen LogP contribution in [0.1, 0.15) is 13.3 Å². The molecule has 1 aliphatic carbocycles. The van der Waals surface area contributed by atoms with Crippen molar-refractivity contribution in [1.82, 2.24) is 0 Å². The molecule has 0 fully saturated rings. The quantitative estimate of drug-likeness (QED) is 0.423. The molecule has 0 aromatic heterocycles. The van der Waals surface area contributed by atoms with Crippen molar-refractivity contribution in [2.75, 3.05) is 5.78 Å². The lowest BCUT2D eigenvalue weighted by Gasteiger charge is -2.11. The Hall–Kier alpha value is -0.165. The van der Waals surface area contributed by atoms with Crippen LogP contribution in [0.3, 0.4) is 0 Å². The van der Waals surface area contributed by atoms with Crippen LogP contribution in [0.15, 0.2) is 23.8 Å². The molecule has 54 valence electrons. The molecule has 10 heavy (non-hydrogen) atoms. The predicted molar refractivity (Wildman–Crippen MR) is 49.1 cm³/mol. The Morgan fingerprint density at radius 1 is 1.80 bits per heavy atom. The predicted octanol–water partition coefficient (Wildman–Crippen LogP) is 2.31. The Morgan fingerprint density at radius 3 is 3.10 bits per heavy atom. The van der Waals surface area contributed by atoms with E-state index in [1.807, 2.05) is 0 Å². The summed E-state index contributed by atoms with van der Waals surface area (Å²) in [7, 11) is 1.11. The largest absolute Gasteiger partial charge is 0.147 e. The highest BCUT2D eigenvalue weighted by atomic mass is 35.5. The summed E-state index contributed by atoms with van der Waals surface area (Å²) in [5, 5.41) is 0. The van der Waals surface area contributed by atoms with E-state index in [0.29, 0.717) is 5.82 Å². The zero-order chi connectivity index (χ0) is 7.40. The Bertz CT molecular complexity index is 161. The Labute approximate surface area is 68.2 Å². The highest BCUT2D eigenvalue weighted by molar-refractivity contribution is 6.52. The van der Waals surface area contributed by atoms with Crippen LogP contribution < -0.4 is 0 Å². The van der Waals surface area contributed by atoms with Gasteiger partial charge in [0.05, 0.1) is 0 Å². The number of halogens is 1. The molecule has 1 atom stereocenters. The topological polar surface area (TPSA) is 0 Å². The first-order valence-electron chi connectivity index (χ1n) is 3.74. The average molecular weight is 154 g/mol. The summed E-state index contributed by atoms with van der Waals surface area (Å²) in [5.41, 5.74) is 1.38. The molecule has 0 bridgehead atoms. The molecule has 0 nitrogen and oxygen atoms in total. The molecule has 1 unspecified atom stereocenters. The van der Waals surface area contributed by atoms with E-state index < -0.39 is 0 Å². The van der Waals surface area contributed by atoms with E-state index in [2.05, 4.69) is 25.2 Å². The van der Waals surface area contributed by atoms with Gasteiger partial charge in [0.1, 0.15) is 7.28 Å². The van der Waals surface area contributed by atoms with Crippen molar-refractivity contribution < 1.29 is 0 Å². The van der Waals surface area contributed by atoms with Crippen molar-refractivity contribution in [3.05, 3.63) is 23.8 Å². The first kappa shape index (κ1) is 7.94. The van der Waals surface area contributed by atoms with Gasteiger partial charge in [0.15, 0.2) is 0 Å². The van der Waals surface area contributed by atoms with Crippen molar-refractivity contribution >= 4 is 18.9 Å². The van der Waals surface area contributed by atoms with Crippen LogP contribution >= 0.6 is 11.6 Å². The molecule has 0 saturated carbocycles. The smallest absolute Gasteiger partial charge is 0.136 e. The van der Waals surface area contributed by atoms with E-state index in [9.17, 15) is 0 Å². The Balaban J connectivity index is 2.37. The second-order valence-electron chi connectivity index (χ2n) is 2.78. The molecule has 0 aromatic rings. The molecular weight excluding hydrogens is 142 g/mol. The highest BCUT2D eigenvalue weighted by Gasteiger charge is 2.06. The molecule has 1 rings (SSSR count). The molecule has 0 radical (unpaired) electrons. The van der Waals surface area contributed by atoms with Gasteiger partial charge in [-0.15, -0.1) is 11.6 Å². The van der Waals surface area contributed by atoms with Gasteiger partial charge in [0, 0.05) is 0 Å². The van der Waals surface area contributed by atoms with E-state index in [4.69, 9.17) is 11.6 Å². The summed E-state index contributed by atoms with van der Waals surface area (Å²) in [6.07, 6.45) is 7.89. The lowest BCUT2D eigenvalue weighted by atomic mass is 9.64. The van der Waals surface area contributed by atoms with Gasteiger partial charge in [-0.05, 0) is 24.9 Å². The maximum atomic E-state index is 5.62. The second kappa shape index (κ2) is 3.87. The van der Waals surface area contributed by atoms with Gasteiger partial charge >= 0.3 is 0 Å². The molecular formula is C8H12BCl. The summed E-state index contributed by atoms with van der Waals surface area (Å²) >= 11 is 5.62. The van der Waals surface area contributed by atoms with Crippen molar-refractivity contribution in [3.63, 3.8) is 0 Å². The monoisotopic (exact) mass is 154 g/mol. The summed E-state index contributed by atoms with van der Waals surface area (Å²) in [4.78, 5) is 0. The van der Waals surface area contributed by atoms with Gasteiger partial charge < -0.3 is 0 Å². The van der Waals surface area contributed by atoms with Crippen molar-refractivity contribution in [1.29, 1.82) is 0 Å². The van der Waals surface area contributed by atoms with Gasteiger partial charge in [-0.3, -0.25) is 0 Å². The number of hydrogen-bond acceptors (Lipinski definition) is 0. The van der Waals surface area contributed by atoms with Crippen LogP contribution in [0.25, 0.3) is 0 Å². The number of alkyl halides is 1. The van der Waals surface area contributed by atoms with Gasteiger partial charge in [-0.1, -0.05) is 23.8 Å². The molecule has 0 aliphatic heterocycles. The van der Waals surface area contributed by atoms with Gasteiger partial charge in [-0.2, -0.15) is 0 Å². The lowest BCUT2D eigenvalue weighted by molar-refractivity contribution is 0.997. The standard InChI is InChI=1S/C8H12BCl/c1-7-2-4-8(5-3-7)9-6-10/h2-4,8-9H,5-6H2,1H3. The summed E-state index contributed by atoms with van der Waals surface area (Å²) < 4.78 is 0. The maximum absolute atomic E-state index is 5.62. The summed E-state index contributed by atoms with van der Waals surface area (Å²) in [5.74, 6) is 1.48. The van der Waals surface area contributed by atoms with E-state index >= 15 is 0 Å². The van der Waals surface area contributed by atoms with Crippen molar-refractivity contribution in [3.8, 4) is 0 Å². The summed E-state index contributed by atoms with van der Waals surface area (Å²) in [6, 6.07) is 0. The molecule has 2 heteroatoms. The van der Waals surface area contributed by atoms with Crippen LogP contribution in [0.5, 0.6) is 0 Å². The molecule has 0 aromatic carbocycles. The van der Waals surface area contributed by atoms with Crippen LogP contribution in [0.4, 0.5) is 0 Å². The van der Waals surface area contributed by atoms with Crippen LogP contribution in [-0.4, -0.2) is 13.1 Å². The van der Waals surface area contributed by atoms with Gasteiger partial charge in [0.2, 0.25) is 0 Å². The first-order valence-corrected chi connectivity index (χ1v) is 4.27. The third kappa shape index (κ3) is 2.22. The van der Waals surface area contributed by atoms with Crippen molar-refractivity contribution in [2.24, 2.45) is 0 Å². The Morgan fingerprint density at radius 2 is 2.60 bits per heavy atom. The van der Waals surface area contributed by atoms with Crippen LogP contribution in [-0.2, 0) is 0 Å². The molecule has 1 aliphatic rings. The van der Waals surface area contributed by atoms with E-state index in [1.54, 1.807) is 0 Å². The van der Waals surface area contributed by atoms with E-state index in [-0.39, 0.29) is 0 Å². The minimum atomic E-state index is 0.696.